The van der Waals surface area contributed by atoms with Crippen molar-refractivity contribution in [2.24, 2.45) is 0 Å². The molecule has 2 heteroatoms. The summed E-state index contributed by atoms with van der Waals surface area (Å²) >= 11 is 0. The second kappa shape index (κ2) is 5.17. The summed E-state index contributed by atoms with van der Waals surface area (Å²) in [5.41, 5.74) is 2.70. The fourth-order valence-corrected chi connectivity index (χ4v) is 2.19. The van der Waals surface area contributed by atoms with E-state index in [1.54, 1.807) is 6.07 Å². The summed E-state index contributed by atoms with van der Waals surface area (Å²) in [6, 6.07) is 5.76. The SMILES string of the molecule is CC=CCN1CCc2ccc(O)cc2CC1. The first-order valence-corrected chi connectivity index (χ1v) is 5.94. The molecule has 0 spiro atoms. The van der Waals surface area contributed by atoms with Crippen LogP contribution in [0.4, 0.5) is 0 Å². The van der Waals surface area contributed by atoms with Gasteiger partial charge in [0.15, 0.2) is 0 Å². The molecule has 86 valence electrons. The second-order valence-electron chi connectivity index (χ2n) is 4.32. The van der Waals surface area contributed by atoms with Crippen molar-refractivity contribution in [1.29, 1.82) is 0 Å². The molecule has 1 aromatic carbocycles. The van der Waals surface area contributed by atoms with Crippen molar-refractivity contribution in [3.8, 4) is 5.75 Å². The van der Waals surface area contributed by atoms with Gasteiger partial charge in [-0.1, -0.05) is 18.2 Å². The highest BCUT2D eigenvalue weighted by molar-refractivity contribution is 5.36. The quantitative estimate of drug-likeness (QED) is 0.769. The first-order chi connectivity index (χ1) is 7.79. The molecule has 0 saturated heterocycles. The van der Waals surface area contributed by atoms with Gasteiger partial charge < -0.3 is 5.11 Å². The Morgan fingerprint density at radius 1 is 1.25 bits per heavy atom. The zero-order valence-electron chi connectivity index (χ0n) is 9.82. The van der Waals surface area contributed by atoms with E-state index in [-0.39, 0.29) is 0 Å². The largest absolute Gasteiger partial charge is 0.508 e. The zero-order valence-corrected chi connectivity index (χ0v) is 9.82. The van der Waals surface area contributed by atoms with Crippen molar-refractivity contribution in [3.63, 3.8) is 0 Å². The van der Waals surface area contributed by atoms with Crippen LogP contribution in [0.1, 0.15) is 18.1 Å². The van der Waals surface area contributed by atoms with Crippen molar-refractivity contribution >= 4 is 0 Å². The Bertz CT molecular complexity index is 384. The van der Waals surface area contributed by atoms with E-state index in [2.05, 4.69) is 30.0 Å². The summed E-state index contributed by atoms with van der Waals surface area (Å²) in [6.07, 6.45) is 6.44. The molecule has 16 heavy (non-hydrogen) atoms. The van der Waals surface area contributed by atoms with Crippen LogP contribution in [0, 0.1) is 0 Å². The molecule has 0 unspecified atom stereocenters. The van der Waals surface area contributed by atoms with Crippen molar-refractivity contribution in [2.75, 3.05) is 19.6 Å². The molecule has 0 amide bonds. The lowest BCUT2D eigenvalue weighted by Gasteiger charge is -2.16. The monoisotopic (exact) mass is 217 g/mol. The van der Waals surface area contributed by atoms with Crippen LogP contribution in [0.5, 0.6) is 5.75 Å². The minimum Gasteiger partial charge on any atom is -0.508 e. The molecule has 0 bridgehead atoms. The molecule has 1 aromatic rings. The third kappa shape index (κ3) is 2.64. The lowest BCUT2D eigenvalue weighted by molar-refractivity contribution is 0.318. The minimum absolute atomic E-state index is 0.389. The summed E-state index contributed by atoms with van der Waals surface area (Å²) in [4.78, 5) is 2.46. The van der Waals surface area contributed by atoms with E-state index in [1.165, 1.54) is 11.1 Å². The van der Waals surface area contributed by atoms with Gasteiger partial charge in [-0.3, -0.25) is 4.90 Å². The van der Waals surface area contributed by atoms with Crippen LogP contribution in [0.25, 0.3) is 0 Å². The van der Waals surface area contributed by atoms with E-state index in [9.17, 15) is 5.11 Å². The van der Waals surface area contributed by atoms with E-state index >= 15 is 0 Å². The standard InChI is InChI=1S/C14H19NO/c1-2-3-8-15-9-6-12-4-5-14(16)11-13(12)7-10-15/h2-5,11,16H,6-10H2,1H3. The van der Waals surface area contributed by atoms with Gasteiger partial charge >= 0.3 is 0 Å². The van der Waals surface area contributed by atoms with Gasteiger partial charge in [0.2, 0.25) is 0 Å². The fraction of sp³-hybridized carbons (Fsp3) is 0.429. The summed E-state index contributed by atoms with van der Waals surface area (Å²) in [5.74, 6) is 0.389. The first-order valence-electron chi connectivity index (χ1n) is 5.94. The molecular weight excluding hydrogens is 198 g/mol. The number of phenolic OH excluding ortho intramolecular Hbond substituents is 1. The first kappa shape index (κ1) is 11.2. The highest BCUT2D eigenvalue weighted by atomic mass is 16.3. The molecule has 1 heterocycles. The van der Waals surface area contributed by atoms with Crippen molar-refractivity contribution in [3.05, 3.63) is 41.5 Å². The number of rotatable bonds is 2. The van der Waals surface area contributed by atoms with Gasteiger partial charge in [-0.2, -0.15) is 0 Å². The van der Waals surface area contributed by atoms with Crippen LogP contribution in [-0.2, 0) is 12.8 Å². The molecule has 0 aliphatic carbocycles. The van der Waals surface area contributed by atoms with Gasteiger partial charge in [-0.05, 0) is 43.0 Å². The molecule has 1 N–H and O–H groups in total. The van der Waals surface area contributed by atoms with Crippen LogP contribution in [0.3, 0.4) is 0 Å². The van der Waals surface area contributed by atoms with Gasteiger partial charge in [-0.15, -0.1) is 0 Å². The highest BCUT2D eigenvalue weighted by Gasteiger charge is 2.12. The number of fused-ring (bicyclic) bond motifs is 1. The highest BCUT2D eigenvalue weighted by Crippen LogP contribution is 2.20. The smallest absolute Gasteiger partial charge is 0.115 e. The number of nitrogens with zero attached hydrogens (tertiary/aromatic N) is 1. The predicted molar refractivity (Wildman–Crippen MR) is 66.8 cm³/mol. The Hall–Kier alpha value is -1.28. The maximum absolute atomic E-state index is 9.46. The van der Waals surface area contributed by atoms with Crippen LogP contribution < -0.4 is 0 Å². The summed E-state index contributed by atoms with van der Waals surface area (Å²) in [6.45, 7) is 5.30. The number of phenols is 1. The van der Waals surface area contributed by atoms with Gasteiger partial charge in [0.05, 0.1) is 0 Å². The average molecular weight is 217 g/mol. The normalized spacial score (nSPS) is 17.3. The molecule has 1 aliphatic rings. The lowest BCUT2D eigenvalue weighted by atomic mass is 10.0. The van der Waals surface area contributed by atoms with Crippen LogP contribution in [0.15, 0.2) is 30.4 Å². The van der Waals surface area contributed by atoms with Gasteiger partial charge in [-0.25, -0.2) is 0 Å². The van der Waals surface area contributed by atoms with Crippen molar-refractivity contribution in [2.45, 2.75) is 19.8 Å². The van der Waals surface area contributed by atoms with Crippen molar-refractivity contribution in [1.82, 2.24) is 4.90 Å². The summed E-state index contributed by atoms with van der Waals surface area (Å²) < 4.78 is 0. The third-order valence-electron chi connectivity index (χ3n) is 3.18. The minimum atomic E-state index is 0.389. The molecule has 1 aliphatic heterocycles. The van der Waals surface area contributed by atoms with Crippen LogP contribution in [0.2, 0.25) is 0 Å². The Morgan fingerprint density at radius 2 is 2.00 bits per heavy atom. The summed E-state index contributed by atoms with van der Waals surface area (Å²) in [7, 11) is 0. The van der Waals surface area contributed by atoms with E-state index in [0.29, 0.717) is 5.75 Å². The Labute approximate surface area is 97.2 Å². The van der Waals surface area contributed by atoms with E-state index < -0.39 is 0 Å². The van der Waals surface area contributed by atoms with E-state index in [0.717, 1.165) is 32.5 Å². The van der Waals surface area contributed by atoms with Crippen molar-refractivity contribution < 1.29 is 5.11 Å². The second-order valence-corrected chi connectivity index (χ2v) is 4.32. The number of hydrogen-bond acceptors (Lipinski definition) is 2. The number of hydrogen-bond donors (Lipinski definition) is 1. The Balaban J connectivity index is 2.06. The van der Waals surface area contributed by atoms with Crippen LogP contribution in [-0.4, -0.2) is 29.6 Å². The summed E-state index contributed by atoms with van der Waals surface area (Å²) in [5, 5.41) is 9.46. The molecule has 0 aromatic heterocycles. The van der Waals surface area contributed by atoms with Gasteiger partial charge in [0, 0.05) is 19.6 Å². The maximum Gasteiger partial charge on any atom is 0.115 e. The predicted octanol–water partition coefficient (Wildman–Crippen LogP) is 2.37. The Kier molecular flexibility index (Phi) is 3.62. The van der Waals surface area contributed by atoms with Crippen LogP contribution >= 0.6 is 0 Å². The molecule has 0 fully saturated rings. The molecule has 2 rings (SSSR count). The number of benzene rings is 1. The van der Waals surface area contributed by atoms with Gasteiger partial charge in [0.25, 0.3) is 0 Å². The van der Waals surface area contributed by atoms with E-state index in [4.69, 9.17) is 0 Å². The molecule has 0 atom stereocenters. The number of aromatic hydroxyl groups is 1. The Morgan fingerprint density at radius 3 is 2.75 bits per heavy atom. The topological polar surface area (TPSA) is 23.5 Å². The number of allylic oxidation sites excluding steroid dienone is 1. The third-order valence-corrected chi connectivity index (χ3v) is 3.18. The lowest BCUT2D eigenvalue weighted by Crippen LogP contribution is -2.26. The molecule has 2 nitrogen and oxygen atoms in total. The average Bonchev–Trinajstić information content (AvgIpc) is 2.48. The molecular formula is C14H19NO. The van der Waals surface area contributed by atoms with Gasteiger partial charge in [0.1, 0.15) is 5.75 Å². The fourth-order valence-electron chi connectivity index (χ4n) is 2.19. The zero-order chi connectivity index (χ0) is 11.4. The van der Waals surface area contributed by atoms with E-state index in [1.807, 2.05) is 6.07 Å². The maximum atomic E-state index is 9.46. The molecule has 0 saturated carbocycles. The molecule has 0 radical (unpaired) electrons.